The molecule has 1 aromatic rings. The molecule has 18 heavy (non-hydrogen) atoms. The van der Waals surface area contributed by atoms with E-state index in [1.54, 1.807) is 6.08 Å². The second kappa shape index (κ2) is 4.52. The number of aliphatic hydroxyl groups excluding tert-OH is 1. The predicted molar refractivity (Wildman–Crippen MR) is 73.9 cm³/mol. The van der Waals surface area contributed by atoms with Crippen molar-refractivity contribution in [3.05, 3.63) is 52.8 Å². The minimum atomic E-state index is 0.0437. The molecular formula is C16H20O2. The Morgan fingerprint density at radius 1 is 1.17 bits per heavy atom. The van der Waals surface area contributed by atoms with Gasteiger partial charge in [-0.2, -0.15) is 0 Å². The molecule has 96 valence electrons. The van der Waals surface area contributed by atoms with Crippen LogP contribution in [-0.4, -0.2) is 10.2 Å². The number of hydrogen-bond donors (Lipinski definition) is 2. The molecule has 0 saturated heterocycles. The zero-order valence-corrected chi connectivity index (χ0v) is 11.2. The zero-order valence-electron chi connectivity index (χ0n) is 11.2. The molecule has 0 saturated carbocycles. The standard InChI is InChI=1S/C16H20O2/c1-11-8-13(9-12(2)15(11)18)10-16(3)6-4-14(17)5-7-16/h4-6,8-9,17-18H,7,10H2,1-3H3. The Morgan fingerprint density at radius 3 is 2.28 bits per heavy atom. The third kappa shape index (κ3) is 2.58. The van der Waals surface area contributed by atoms with E-state index in [1.807, 2.05) is 32.1 Å². The van der Waals surface area contributed by atoms with Gasteiger partial charge in [0, 0.05) is 0 Å². The summed E-state index contributed by atoms with van der Waals surface area (Å²) in [6, 6.07) is 4.08. The lowest BCUT2D eigenvalue weighted by Gasteiger charge is -2.27. The van der Waals surface area contributed by atoms with Crippen molar-refractivity contribution in [1.29, 1.82) is 0 Å². The van der Waals surface area contributed by atoms with Crippen molar-refractivity contribution in [2.24, 2.45) is 5.41 Å². The molecule has 1 aliphatic carbocycles. The van der Waals surface area contributed by atoms with Crippen molar-refractivity contribution in [1.82, 2.24) is 0 Å². The maximum atomic E-state index is 9.78. The van der Waals surface area contributed by atoms with Crippen LogP contribution in [0.5, 0.6) is 5.75 Å². The average Bonchev–Trinajstić information content (AvgIpc) is 2.30. The summed E-state index contributed by atoms with van der Waals surface area (Å²) in [6.07, 6.45) is 7.45. The molecule has 0 heterocycles. The molecule has 0 aliphatic heterocycles. The van der Waals surface area contributed by atoms with E-state index in [9.17, 15) is 10.2 Å². The van der Waals surface area contributed by atoms with Crippen molar-refractivity contribution in [2.75, 3.05) is 0 Å². The molecule has 2 rings (SSSR count). The van der Waals surface area contributed by atoms with Gasteiger partial charge >= 0.3 is 0 Å². The molecule has 2 nitrogen and oxygen atoms in total. The van der Waals surface area contributed by atoms with Gasteiger partial charge in [0.2, 0.25) is 0 Å². The number of phenolic OH excluding ortho intramolecular Hbond substituents is 1. The van der Waals surface area contributed by atoms with Crippen molar-refractivity contribution in [3.8, 4) is 5.75 Å². The van der Waals surface area contributed by atoms with E-state index in [4.69, 9.17) is 0 Å². The summed E-state index contributed by atoms with van der Waals surface area (Å²) in [5.41, 5.74) is 3.12. The van der Waals surface area contributed by atoms with Gasteiger partial charge in [-0.3, -0.25) is 0 Å². The summed E-state index contributed by atoms with van der Waals surface area (Å²) >= 11 is 0. The Balaban J connectivity index is 2.23. The van der Waals surface area contributed by atoms with Crippen LogP contribution in [-0.2, 0) is 6.42 Å². The fourth-order valence-corrected chi connectivity index (χ4v) is 2.51. The van der Waals surface area contributed by atoms with Crippen LogP contribution in [0.1, 0.15) is 30.0 Å². The second-order valence-electron chi connectivity index (χ2n) is 5.58. The highest BCUT2D eigenvalue weighted by atomic mass is 16.3. The summed E-state index contributed by atoms with van der Waals surface area (Å²) in [7, 11) is 0. The summed E-state index contributed by atoms with van der Waals surface area (Å²) in [5, 5.41) is 19.2. The average molecular weight is 244 g/mol. The van der Waals surface area contributed by atoms with Crippen molar-refractivity contribution < 1.29 is 10.2 Å². The van der Waals surface area contributed by atoms with E-state index in [1.165, 1.54) is 5.56 Å². The van der Waals surface area contributed by atoms with Crippen LogP contribution >= 0.6 is 0 Å². The summed E-state index contributed by atoms with van der Waals surface area (Å²) in [5.74, 6) is 0.742. The summed E-state index contributed by atoms with van der Waals surface area (Å²) < 4.78 is 0. The minimum Gasteiger partial charge on any atom is -0.508 e. The van der Waals surface area contributed by atoms with Gasteiger partial charge in [-0.15, -0.1) is 0 Å². The highest BCUT2D eigenvalue weighted by Gasteiger charge is 2.23. The fraction of sp³-hybridized carbons (Fsp3) is 0.375. The van der Waals surface area contributed by atoms with E-state index in [2.05, 4.69) is 13.0 Å². The number of hydrogen-bond acceptors (Lipinski definition) is 2. The molecular weight excluding hydrogens is 224 g/mol. The SMILES string of the molecule is Cc1cc(CC2(C)C=CC(O)=CC2)cc(C)c1O. The number of rotatable bonds is 2. The second-order valence-corrected chi connectivity index (χ2v) is 5.58. The van der Waals surface area contributed by atoms with E-state index >= 15 is 0 Å². The summed E-state index contributed by atoms with van der Waals surface area (Å²) in [6.45, 7) is 6.04. The number of benzene rings is 1. The van der Waals surface area contributed by atoms with E-state index in [-0.39, 0.29) is 5.41 Å². The largest absolute Gasteiger partial charge is 0.508 e. The van der Waals surface area contributed by atoms with Crippen LogP contribution in [0, 0.1) is 19.3 Å². The van der Waals surface area contributed by atoms with Gasteiger partial charge in [0.05, 0.1) is 0 Å². The number of phenols is 1. The molecule has 1 aliphatic rings. The van der Waals surface area contributed by atoms with Crippen LogP contribution in [0.4, 0.5) is 0 Å². The van der Waals surface area contributed by atoms with Crippen LogP contribution in [0.25, 0.3) is 0 Å². The Bertz CT molecular complexity index is 503. The number of allylic oxidation sites excluding steroid dienone is 3. The normalized spacial score (nSPS) is 22.9. The summed E-state index contributed by atoms with van der Waals surface area (Å²) in [4.78, 5) is 0. The minimum absolute atomic E-state index is 0.0437. The number of aryl methyl sites for hydroxylation is 2. The molecule has 0 fully saturated rings. The molecule has 0 bridgehead atoms. The first kappa shape index (κ1) is 12.7. The van der Waals surface area contributed by atoms with E-state index < -0.39 is 0 Å². The van der Waals surface area contributed by atoms with Gasteiger partial charge < -0.3 is 10.2 Å². The molecule has 2 N–H and O–H groups in total. The third-order valence-corrected chi connectivity index (χ3v) is 3.59. The Hall–Kier alpha value is -1.70. The zero-order chi connectivity index (χ0) is 13.3. The molecule has 0 amide bonds. The number of aromatic hydroxyl groups is 1. The first-order chi connectivity index (χ1) is 8.39. The van der Waals surface area contributed by atoms with Gasteiger partial charge in [0.15, 0.2) is 0 Å². The Kier molecular flexibility index (Phi) is 3.20. The van der Waals surface area contributed by atoms with Crippen molar-refractivity contribution >= 4 is 0 Å². The third-order valence-electron chi connectivity index (χ3n) is 3.59. The molecule has 2 heteroatoms. The van der Waals surface area contributed by atoms with Crippen LogP contribution in [0.3, 0.4) is 0 Å². The lowest BCUT2D eigenvalue weighted by molar-refractivity contribution is 0.380. The van der Waals surface area contributed by atoms with Crippen molar-refractivity contribution in [3.63, 3.8) is 0 Å². The molecule has 0 aromatic heterocycles. The lowest BCUT2D eigenvalue weighted by atomic mass is 9.78. The first-order valence-electron chi connectivity index (χ1n) is 6.27. The Labute approximate surface area is 108 Å². The van der Waals surface area contributed by atoms with E-state index in [0.717, 1.165) is 24.0 Å². The van der Waals surface area contributed by atoms with Gasteiger partial charge in [0.25, 0.3) is 0 Å². The topological polar surface area (TPSA) is 40.5 Å². The molecule has 1 unspecified atom stereocenters. The fourth-order valence-electron chi connectivity index (χ4n) is 2.51. The number of aliphatic hydroxyl groups is 1. The van der Waals surface area contributed by atoms with Gasteiger partial charge in [-0.1, -0.05) is 25.1 Å². The van der Waals surface area contributed by atoms with Crippen molar-refractivity contribution in [2.45, 2.75) is 33.6 Å². The predicted octanol–water partition coefficient (Wildman–Crippen LogP) is 3.96. The highest BCUT2D eigenvalue weighted by Crippen LogP contribution is 2.34. The Morgan fingerprint density at radius 2 is 1.78 bits per heavy atom. The first-order valence-corrected chi connectivity index (χ1v) is 6.27. The molecule has 1 atom stereocenters. The van der Waals surface area contributed by atoms with Crippen LogP contribution in [0.15, 0.2) is 36.1 Å². The maximum absolute atomic E-state index is 9.78. The molecule has 0 spiro atoms. The quantitative estimate of drug-likeness (QED) is 0.826. The maximum Gasteiger partial charge on any atom is 0.121 e. The van der Waals surface area contributed by atoms with Gasteiger partial charge in [-0.25, -0.2) is 0 Å². The highest BCUT2D eigenvalue weighted by molar-refractivity contribution is 5.42. The van der Waals surface area contributed by atoms with E-state index in [0.29, 0.717) is 11.5 Å². The van der Waals surface area contributed by atoms with Crippen LogP contribution in [0.2, 0.25) is 0 Å². The lowest BCUT2D eigenvalue weighted by Crippen LogP contribution is -2.18. The molecule has 1 aromatic carbocycles. The monoisotopic (exact) mass is 244 g/mol. The van der Waals surface area contributed by atoms with Crippen LogP contribution < -0.4 is 0 Å². The smallest absolute Gasteiger partial charge is 0.121 e. The van der Waals surface area contributed by atoms with Gasteiger partial charge in [0.1, 0.15) is 11.5 Å². The van der Waals surface area contributed by atoms with Gasteiger partial charge in [-0.05, 0) is 60.9 Å². The molecule has 0 radical (unpaired) electrons.